The lowest BCUT2D eigenvalue weighted by Gasteiger charge is -2.36. The zero-order chi connectivity index (χ0) is 21.5. The van der Waals surface area contributed by atoms with E-state index in [1.165, 1.54) is 37.8 Å². The average molecular weight is 426 g/mol. The predicted octanol–water partition coefficient (Wildman–Crippen LogP) is 4.01. The minimum absolute atomic E-state index is 0.0775. The van der Waals surface area contributed by atoms with Crippen LogP contribution < -0.4 is 4.74 Å². The molecule has 3 heterocycles. The summed E-state index contributed by atoms with van der Waals surface area (Å²) < 4.78 is 11.3. The summed E-state index contributed by atoms with van der Waals surface area (Å²) in [5.41, 5.74) is 2.14. The lowest BCUT2D eigenvalue weighted by atomic mass is 9.95. The number of fused-ring (bicyclic) bond motifs is 3. The third-order valence-electron chi connectivity index (χ3n) is 6.52. The normalized spacial score (nSPS) is 21.5. The van der Waals surface area contributed by atoms with Crippen molar-refractivity contribution < 1.29 is 14.1 Å². The summed E-state index contributed by atoms with van der Waals surface area (Å²) in [5.74, 6) is 1.60. The number of amides is 1. The molecule has 1 atom stereocenters. The summed E-state index contributed by atoms with van der Waals surface area (Å²) in [6.07, 6.45) is 8.65. The first-order valence-corrected chi connectivity index (χ1v) is 11.8. The number of aromatic nitrogens is 1. The van der Waals surface area contributed by atoms with E-state index in [1.807, 2.05) is 24.0 Å². The summed E-state index contributed by atoms with van der Waals surface area (Å²) in [6.45, 7) is 6.05. The highest BCUT2D eigenvalue weighted by molar-refractivity contribution is 5.78. The molecule has 168 valence electrons. The molecule has 1 fully saturated rings. The van der Waals surface area contributed by atoms with Crippen molar-refractivity contribution in [2.45, 2.75) is 64.3 Å². The molecule has 2 aliphatic rings. The Labute approximate surface area is 185 Å². The molecule has 31 heavy (non-hydrogen) atoms. The molecule has 1 unspecified atom stereocenters. The van der Waals surface area contributed by atoms with E-state index in [4.69, 9.17) is 9.26 Å². The van der Waals surface area contributed by atoms with Gasteiger partial charge < -0.3 is 19.1 Å². The number of hydrogen-bond acceptors (Lipinski definition) is 5. The van der Waals surface area contributed by atoms with Gasteiger partial charge in [-0.3, -0.25) is 4.79 Å². The molecule has 2 aromatic rings. The van der Waals surface area contributed by atoms with E-state index in [2.05, 4.69) is 28.3 Å². The van der Waals surface area contributed by atoms with Gasteiger partial charge in [0.1, 0.15) is 18.1 Å². The molecule has 6 nitrogen and oxygen atoms in total. The largest absolute Gasteiger partial charge is 0.492 e. The Bertz CT molecular complexity index is 850. The third-order valence-corrected chi connectivity index (χ3v) is 6.52. The second-order valence-electron chi connectivity index (χ2n) is 8.92. The number of benzene rings is 1. The van der Waals surface area contributed by atoms with Crippen LogP contribution in [0.3, 0.4) is 0 Å². The Kier molecular flexibility index (Phi) is 7.62. The minimum atomic E-state index is 0.0775. The molecule has 1 aromatic heterocycles. The van der Waals surface area contributed by atoms with E-state index < -0.39 is 0 Å². The lowest BCUT2D eigenvalue weighted by molar-refractivity contribution is -0.131. The Morgan fingerprint density at radius 2 is 1.90 bits per heavy atom. The quantitative estimate of drug-likeness (QED) is 0.728. The molecule has 4 rings (SSSR count). The molecule has 1 aromatic carbocycles. The predicted molar refractivity (Wildman–Crippen MR) is 120 cm³/mol. The fourth-order valence-electron chi connectivity index (χ4n) is 4.82. The van der Waals surface area contributed by atoms with Gasteiger partial charge in [-0.1, -0.05) is 23.7 Å². The van der Waals surface area contributed by atoms with Crippen molar-refractivity contribution in [3.63, 3.8) is 0 Å². The van der Waals surface area contributed by atoms with E-state index >= 15 is 0 Å². The van der Waals surface area contributed by atoms with Crippen LogP contribution in [-0.2, 0) is 17.6 Å². The number of piperidine rings is 1. The van der Waals surface area contributed by atoms with Gasteiger partial charge in [0, 0.05) is 18.7 Å². The standard InChI is InChI=1S/C25H35N3O3/c1-20-17-24(31-26-20)19-25(29)28-14-5-4-13-27-12-3-2-8-22(27)11-10-21-7-6-9-23(18-21)30-16-15-28/h6-7,9,17-18,22H,2-5,8,10-16,19H2,1H3. The topological polar surface area (TPSA) is 58.8 Å². The van der Waals surface area contributed by atoms with Crippen molar-refractivity contribution in [3.8, 4) is 5.75 Å². The van der Waals surface area contributed by atoms with Crippen LogP contribution in [0.25, 0.3) is 0 Å². The monoisotopic (exact) mass is 425 g/mol. The molecule has 0 aliphatic carbocycles. The van der Waals surface area contributed by atoms with Gasteiger partial charge in [0.15, 0.2) is 0 Å². The molecule has 0 N–H and O–H groups in total. The molecule has 6 heteroatoms. The zero-order valence-corrected chi connectivity index (χ0v) is 18.7. The number of carbonyl (C=O) groups is 1. The second kappa shape index (κ2) is 10.8. The van der Waals surface area contributed by atoms with Gasteiger partial charge in [-0.15, -0.1) is 0 Å². The highest BCUT2D eigenvalue weighted by Crippen LogP contribution is 2.23. The van der Waals surface area contributed by atoms with Crippen LogP contribution in [0.1, 0.15) is 55.5 Å². The van der Waals surface area contributed by atoms with Crippen molar-refractivity contribution in [3.05, 3.63) is 47.3 Å². The number of hydrogen-bond donors (Lipinski definition) is 0. The fourth-order valence-corrected chi connectivity index (χ4v) is 4.82. The van der Waals surface area contributed by atoms with E-state index in [9.17, 15) is 4.79 Å². The molecule has 0 saturated carbocycles. The summed E-state index contributed by atoms with van der Waals surface area (Å²) in [6, 6.07) is 11.0. The summed E-state index contributed by atoms with van der Waals surface area (Å²) in [7, 11) is 0. The van der Waals surface area contributed by atoms with E-state index in [0.29, 0.717) is 25.0 Å². The molecular formula is C25H35N3O3. The van der Waals surface area contributed by atoms with Gasteiger partial charge in [-0.2, -0.15) is 0 Å². The average Bonchev–Trinajstić information content (AvgIpc) is 3.18. The Morgan fingerprint density at radius 3 is 2.74 bits per heavy atom. The van der Waals surface area contributed by atoms with Crippen LogP contribution in [0.5, 0.6) is 5.75 Å². The Balaban J connectivity index is 1.44. The maximum Gasteiger partial charge on any atom is 0.230 e. The number of rotatable bonds is 2. The Hall–Kier alpha value is -2.34. The molecular weight excluding hydrogens is 390 g/mol. The van der Waals surface area contributed by atoms with Crippen LogP contribution in [-0.4, -0.2) is 59.7 Å². The van der Waals surface area contributed by atoms with Crippen molar-refractivity contribution in [1.82, 2.24) is 15.0 Å². The smallest absolute Gasteiger partial charge is 0.230 e. The third kappa shape index (κ3) is 6.33. The molecule has 0 spiro atoms. The van der Waals surface area contributed by atoms with Crippen molar-refractivity contribution in [2.75, 3.05) is 32.8 Å². The van der Waals surface area contributed by atoms with Gasteiger partial charge in [-0.25, -0.2) is 0 Å². The van der Waals surface area contributed by atoms with Crippen LogP contribution in [0.4, 0.5) is 0 Å². The van der Waals surface area contributed by atoms with Gasteiger partial charge in [0.25, 0.3) is 0 Å². The van der Waals surface area contributed by atoms with Crippen LogP contribution in [0.15, 0.2) is 34.9 Å². The summed E-state index contributed by atoms with van der Waals surface area (Å²) in [5, 5.41) is 3.90. The van der Waals surface area contributed by atoms with Gasteiger partial charge >= 0.3 is 0 Å². The highest BCUT2D eigenvalue weighted by Gasteiger charge is 2.22. The first kappa shape index (κ1) is 21.9. The van der Waals surface area contributed by atoms with E-state index in [1.54, 1.807) is 0 Å². The van der Waals surface area contributed by atoms with Crippen LogP contribution >= 0.6 is 0 Å². The SMILES string of the molecule is Cc1cc(CC(=O)N2CCCCN3CCCCC3CCc3cccc(c3)OCC2)on1. The molecule has 2 bridgehead atoms. The molecule has 1 amide bonds. The zero-order valence-electron chi connectivity index (χ0n) is 18.7. The Morgan fingerprint density at radius 1 is 1.06 bits per heavy atom. The van der Waals surface area contributed by atoms with E-state index in [-0.39, 0.29) is 12.3 Å². The van der Waals surface area contributed by atoms with Gasteiger partial charge in [-0.05, 0) is 76.2 Å². The molecule has 0 radical (unpaired) electrons. The van der Waals surface area contributed by atoms with Crippen LogP contribution in [0, 0.1) is 6.92 Å². The van der Waals surface area contributed by atoms with Crippen molar-refractivity contribution in [1.29, 1.82) is 0 Å². The summed E-state index contributed by atoms with van der Waals surface area (Å²) >= 11 is 0. The van der Waals surface area contributed by atoms with Gasteiger partial charge in [0.05, 0.1) is 18.7 Å². The van der Waals surface area contributed by atoms with Crippen molar-refractivity contribution >= 4 is 5.91 Å². The second-order valence-corrected chi connectivity index (χ2v) is 8.92. The van der Waals surface area contributed by atoms with Gasteiger partial charge in [0.2, 0.25) is 5.91 Å². The minimum Gasteiger partial charge on any atom is -0.492 e. The molecule has 2 aliphatic heterocycles. The number of aryl methyl sites for hydroxylation is 2. The fraction of sp³-hybridized carbons (Fsp3) is 0.600. The van der Waals surface area contributed by atoms with Crippen LogP contribution in [0.2, 0.25) is 0 Å². The number of nitrogens with zero attached hydrogens (tertiary/aromatic N) is 3. The van der Waals surface area contributed by atoms with E-state index in [0.717, 1.165) is 43.8 Å². The number of carbonyl (C=O) groups excluding carboxylic acids is 1. The number of ether oxygens (including phenoxy) is 1. The lowest BCUT2D eigenvalue weighted by Crippen LogP contribution is -2.41. The first-order chi connectivity index (χ1) is 15.2. The summed E-state index contributed by atoms with van der Waals surface area (Å²) in [4.78, 5) is 17.6. The maximum absolute atomic E-state index is 12.9. The maximum atomic E-state index is 12.9. The molecule has 1 saturated heterocycles. The first-order valence-electron chi connectivity index (χ1n) is 11.8. The highest BCUT2D eigenvalue weighted by atomic mass is 16.5. The van der Waals surface area contributed by atoms with Crippen molar-refractivity contribution in [2.24, 2.45) is 0 Å².